The molecule has 1 saturated heterocycles. The Labute approximate surface area is 150 Å². The minimum absolute atomic E-state index is 0.104. The van der Waals surface area contributed by atoms with Crippen LogP contribution >= 0.6 is 0 Å². The second kappa shape index (κ2) is 7.86. The van der Waals surface area contributed by atoms with E-state index in [1.807, 2.05) is 0 Å². The molecule has 6 nitrogen and oxygen atoms in total. The largest absolute Gasteiger partial charge is 0.489 e. The number of rotatable bonds is 5. The van der Waals surface area contributed by atoms with Gasteiger partial charge in [0.1, 0.15) is 24.3 Å². The monoisotopic (exact) mass is 358 g/mol. The van der Waals surface area contributed by atoms with E-state index in [1.54, 1.807) is 41.3 Å². The zero-order valence-electron chi connectivity index (χ0n) is 14.3. The molecule has 1 aliphatic rings. The molecule has 0 spiro atoms. The Morgan fingerprint density at radius 1 is 1.27 bits per heavy atom. The Kier molecular flexibility index (Phi) is 5.36. The lowest BCUT2D eigenvalue weighted by molar-refractivity contribution is -0.117. The van der Waals surface area contributed by atoms with Gasteiger partial charge in [0.2, 0.25) is 5.91 Å². The predicted octanol–water partition coefficient (Wildman–Crippen LogP) is 2.87. The molecule has 0 bridgehead atoms. The van der Waals surface area contributed by atoms with E-state index in [0.29, 0.717) is 18.0 Å². The van der Waals surface area contributed by atoms with Gasteiger partial charge < -0.3 is 19.7 Å². The summed E-state index contributed by atoms with van der Waals surface area (Å²) in [6.45, 7) is 0.567. The van der Waals surface area contributed by atoms with E-state index in [9.17, 15) is 14.0 Å². The number of anilines is 1. The lowest BCUT2D eigenvalue weighted by Crippen LogP contribution is -2.29. The molecule has 3 rings (SSSR count). The van der Waals surface area contributed by atoms with E-state index in [1.165, 1.54) is 19.2 Å². The number of carbonyl (C=O) groups excluding carboxylic acids is 2. The fraction of sp³-hybridized carbons (Fsp3) is 0.263. The van der Waals surface area contributed by atoms with Crippen LogP contribution < -0.4 is 15.0 Å². The highest BCUT2D eigenvalue weighted by Crippen LogP contribution is 2.25. The zero-order chi connectivity index (χ0) is 18.5. The van der Waals surface area contributed by atoms with Crippen molar-refractivity contribution in [3.63, 3.8) is 0 Å². The maximum absolute atomic E-state index is 13.2. The van der Waals surface area contributed by atoms with Crippen LogP contribution in [0.4, 0.5) is 14.9 Å². The van der Waals surface area contributed by atoms with Crippen LogP contribution in [-0.4, -0.2) is 31.7 Å². The summed E-state index contributed by atoms with van der Waals surface area (Å²) in [7, 11) is 1.47. The fourth-order valence-corrected chi connectivity index (χ4v) is 2.73. The highest BCUT2D eigenvalue weighted by molar-refractivity contribution is 5.96. The van der Waals surface area contributed by atoms with E-state index in [2.05, 4.69) is 5.32 Å². The van der Waals surface area contributed by atoms with Gasteiger partial charge >= 0.3 is 6.09 Å². The van der Waals surface area contributed by atoms with Crippen LogP contribution in [0.1, 0.15) is 12.0 Å². The molecule has 26 heavy (non-hydrogen) atoms. The van der Waals surface area contributed by atoms with Crippen molar-refractivity contribution in [2.24, 2.45) is 0 Å². The molecule has 2 aromatic rings. The van der Waals surface area contributed by atoms with Gasteiger partial charge in [0.25, 0.3) is 0 Å². The van der Waals surface area contributed by atoms with E-state index in [-0.39, 0.29) is 24.8 Å². The minimum atomic E-state index is -0.550. The molecule has 0 aromatic heterocycles. The SMILES string of the molecule is CNC(=O)O[C@@H]1CC(=O)N(c2ccc(OCc3cccc(F)c3)cc2)C1. The highest BCUT2D eigenvalue weighted by Gasteiger charge is 2.33. The summed E-state index contributed by atoms with van der Waals surface area (Å²) in [6, 6.07) is 13.2. The minimum Gasteiger partial charge on any atom is -0.489 e. The third-order valence-electron chi connectivity index (χ3n) is 4.01. The second-order valence-corrected chi connectivity index (χ2v) is 5.90. The maximum Gasteiger partial charge on any atom is 0.407 e. The molecule has 1 heterocycles. The van der Waals surface area contributed by atoms with Gasteiger partial charge in [-0.15, -0.1) is 0 Å². The van der Waals surface area contributed by atoms with Gasteiger partial charge in [-0.1, -0.05) is 12.1 Å². The van der Waals surface area contributed by atoms with E-state index >= 15 is 0 Å². The van der Waals surface area contributed by atoms with E-state index in [0.717, 1.165) is 5.56 Å². The lowest BCUT2D eigenvalue weighted by Gasteiger charge is -2.17. The van der Waals surface area contributed by atoms with E-state index < -0.39 is 12.2 Å². The van der Waals surface area contributed by atoms with Crippen molar-refractivity contribution in [3.8, 4) is 5.75 Å². The lowest BCUT2D eigenvalue weighted by atomic mass is 10.2. The second-order valence-electron chi connectivity index (χ2n) is 5.90. The fourth-order valence-electron chi connectivity index (χ4n) is 2.73. The van der Waals surface area contributed by atoms with Crippen molar-refractivity contribution < 1.29 is 23.5 Å². The summed E-state index contributed by atoms with van der Waals surface area (Å²) >= 11 is 0. The smallest absolute Gasteiger partial charge is 0.407 e. The maximum atomic E-state index is 13.2. The number of hydrogen-bond acceptors (Lipinski definition) is 4. The van der Waals surface area contributed by atoms with Crippen LogP contribution in [0, 0.1) is 5.82 Å². The average molecular weight is 358 g/mol. The molecule has 1 atom stereocenters. The van der Waals surface area contributed by atoms with Gasteiger partial charge in [-0.25, -0.2) is 9.18 Å². The van der Waals surface area contributed by atoms with Crippen molar-refractivity contribution in [2.45, 2.75) is 19.1 Å². The standard InChI is InChI=1S/C19H19FN2O4/c1-21-19(24)26-17-10-18(23)22(11-17)15-5-7-16(8-6-15)25-12-13-3-2-4-14(20)9-13/h2-9,17H,10-12H2,1H3,(H,21,24)/t17-/m1/s1. The summed E-state index contributed by atoms with van der Waals surface area (Å²) in [5.74, 6) is 0.206. The Bertz CT molecular complexity index is 794. The van der Waals surface area contributed by atoms with Crippen molar-refractivity contribution >= 4 is 17.7 Å². The van der Waals surface area contributed by atoms with Crippen molar-refractivity contribution in [2.75, 3.05) is 18.5 Å². The number of nitrogens with zero attached hydrogens (tertiary/aromatic N) is 1. The first kappa shape index (κ1) is 17.7. The van der Waals surface area contributed by atoms with Gasteiger partial charge in [0.05, 0.1) is 13.0 Å². The molecule has 7 heteroatoms. The number of hydrogen-bond donors (Lipinski definition) is 1. The molecular formula is C19H19FN2O4. The van der Waals surface area contributed by atoms with Crippen LogP contribution in [0.15, 0.2) is 48.5 Å². The number of ether oxygens (including phenoxy) is 2. The third kappa shape index (κ3) is 4.30. The normalized spacial score (nSPS) is 16.5. The molecule has 1 N–H and O–H groups in total. The van der Waals surface area contributed by atoms with Gasteiger partial charge in [0.15, 0.2) is 0 Å². The summed E-state index contributed by atoms with van der Waals surface area (Å²) in [6.07, 6.45) is -0.859. The topological polar surface area (TPSA) is 67.9 Å². The quantitative estimate of drug-likeness (QED) is 0.892. The zero-order valence-corrected chi connectivity index (χ0v) is 14.3. The number of carbonyl (C=O) groups is 2. The number of amides is 2. The van der Waals surface area contributed by atoms with Crippen LogP contribution in [0.5, 0.6) is 5.75 Å². The summed E-state index contributed by atoms with van der Waals surface area (Å²) in [5, 5.41) is 2.37. The molecule has 2 aromatic carbocycles. The van der Waals surface area contributed by atoms with Gasteiger partial charge in [0, 0.05) is 12.7 Å². The number of benzene rings is 2. The summed E-state index contributed by atoms with van der Waals surface area (Å²) in [5.41, 5.74) is 1.44. The van der Waals surface area contributed by atoms with Crippen molar-refractivity contribution in [1.82, 2.24) is 5.32 Å². The molecule has 0 unspecified atom stereocenters. The molecule has 136 valence electrons. The molecule has 0 radical (unpaired) electrons. The van der Waals surface area contributed by atoms with E-state index in [4.69, 9.17) is 9.47 Å². The van der Waals surface area contributed by atoms with Crippen LogP contribution in [0.25, 0.3) is 0 Å². The molecular weight excluding hydrogens is 339 g/mol. The number of halogens is 1. The molecule has 0 aliphatic carbocycles. The summed E-state index contributed by atoms with van der Waals surface area (Å²) in [4.78, 5) is 25.0. The Balaban J connectivity index is 1.59. The first-order valence-corrected chi connectivity index (χ1v) is 8.21. The van der Waals surface area contributed by atoms with Gasteiger partial charge in [-0.3, -0.25) is 4.79 Å². The molecule has 2 amide bonds. The van der Waals surface area contributed by atoms with Gasteiger partial charge in [-0.2, -0.15) is 0 Å². The predicted molar refractivity (Wildman–Crippen MR) is 93.5 cm³/mol. The van der Waals surface area contributed by atoms with Crippen molar-refractivity contribution in [3.05, 3.63) is 59.9 Å². The third-order valence-corrected chi connectivity index (χ3v) is 4.01. The first-order chi connectivity index (χ1) is 12.5. The van der Waals surface area contributed by atoms with Crippen LogP contribution in [-0.2, 0) is 16.1 Å². The van der Waals surface area contributed by atoms with Crippen molar-refractivity contribution in [1.29, 1.82) is 0 Å². The average Bonchev–Trinajstić information content (AvgIpc) is 3.00. The molecule has 0 saturated carbocycles. The van der Waals surface area contributed by atoms with Crippen LogP contribution in [0.2, 0.25) is 0 Å². The van der Waals surface area contributed by atoms with Crippen LogP contribution in [0.3, 0.4) is 0 Å². The van der Waals surface area contributed by atoms with Gasteiger partial charge in [-0.05, 0) is 42.0 Å². The molecule has 1 fully saturated rings. The molecule has 1 aliphatic heterocycles. The number of alkyl carbamates (subject to hydrolysis) is 1. The summed E-state index contributed by atoms with van der Waals surface area (Å²) < 4.78 is 23.9. The Morgan fingerprint density at radius 2 is 2.04 bits per heavy atom. The highest BCUT2D eigenvalue weighted by atomic mass is 19.1. The first-order valence-electron chi connectivity index (χ1n) is 8.21. The Morgan fingerprint density at radius 3 is 2.73 bits per heavy atom. The Hall–Kier alpha value is -3.09. The number of nitrogens with one attached hydrogen (secondary N) is 1.